The van der Waals surface area contributed by atoms with E-state index in [-0.39, 0.29) is 6.04 Å². The summed E-state index contributed by atoms with van der Waals surface area (Å²) in [5, 5.41) is 0. The smallest absolute Gasteiger partial charge is 0.122 e. The second-order valence-electron chi connectivity index (χ2n) is 4.90. The fraction of sp³-hybridized carbons (Fsp3) is 0.333. The van der Waals surface area contributed by atoms with E-state index in [0.29, 0.717) is 0 Å². The first-order valence-electron chi connectivity index (χ1n) is 6.47. The van der Waals surface area contributed by atoms with Crippen LogP contribution >= 0.6 is 0 Å². The fourth-order valence-electron chi connectivity index (χ4n) is 2.72. The van der Waals surface area contributed by atoms with Gasteiger partial charge in [-0.3, -0.25) is 5.84 Å². The first kappa shape index (κ1) is 11.5. The van der Waals surface area contributed by atoms with E-state index < -0.39 is 0 Å². The third-order valence-electron chi connectivity index (χ3n) is 3.69. The normalized spacial score (nSPS) is 15.6. The van der Waals surface area contributed by atoms with Crippen LogP contribution in [0.3, 0.4) is 0 Å². The Balaban J connectivity index is 1.79. The van der Waals surface area contributed by atoms with Gasteiger partial charge in [0.25, 0.3) is 0 Å². The van der Waals surface area contributed by atoms with Gasteiger partial charge >= 0.3 is 0 Å². The summed E-state index contributed by atoms with van der Waals surface area (Å²) >= 11 is 0. The standard InChI is InChI=1S/C15H18N2O/c16-17-14(15-5-2-8-18-15)10-11-6-7-12-3-1-4-13(12)9-11/h2,5-9,14,17H,1,3-4,10,16H2. The Morgan fingerprint density at radius 2 is 2.11 bits per heavy atom. The van der Waals surface area contributed by atoms with Crippen LogP contribution in [-0.2, 0) is 19.3 Å². The third kappa shape index (κ3) is 2.19. The van der Waals surface area contributed by atoms with Gasteiger partial charge in [0.15, 0.2) is 0 Å². The Hall–Kier alpha value is -1.58. The van der Waals surface area contributed by atoms with Crippen LogP contribution < -0.4 is 11.3 Å². The summed E-state index contributed by atoms with van der Waals surface area (Å²) in [5.74, 6) is 6.50. The van der Waals surface area contributed by atoms with Gasteiger partial charge in [-0.15, -0.1) is 0 Å². The maximum atomic E-state index is 5.61. The molecule has 0 radical (unpaired) electrons. The lowest BCUT2D eigenvalue weighted by Gasteiger charge is -2.14. The zero-order valence-corrected chi connectivity index (χ0v) is 10.4. The van der Waals surface area contributed by atoms with Crippen molar-refractivity contribution >= 4 is 0 Å². The number of nitrogens with one attached hydrogen (secondary N) is 1. The number of hydrazine groups is 1. The molecule has 3 heteroatoms. The molecular weight excluding hydrogens is 224 g/mol. The second kappa shape index (κ2) is 4.96. The van der Waals surface area contributed by atoms with Gasteiger partial charge in [-0.25, -0.2) is 5.43 Å². The highest BCUT2D eigenvalue weighted by atomic mass is 16.3. The van der Waals surface area contributed by atoms with Gasteiger partial charge in [-0.05, 0) is 54.5 Å². The first-order valence-corrected chi connectivity index (χ1v) is 6.47. The molecule has 0 amide bonds. The van der Waals surface area contributed by atoms with E-state index in [1.54, 1.807) is 6.26 Å². The average molecular weight is 242 g/mol. The van der Waals surface area contributed by atoms with E-state index in [4.69, 9.17) is 10.3 Å². The zero-order valence-electron chi connectivity index (χ0n) is 10.4. The minimum Gasteiger partial charge on any atom is -0.468 e. The lowest BCUT2D eigenvalue weighted by Crippen LogP contribution is -2.29. The molecule has 1 heterocycles. The molecule has 1 unspecified atom stereocenters. The molecule has 2 aromatic rings. The Bertz CT molecular complexity index is 519. The van der Waals surface area contributed by atoms with Crippen molar-refractivity contribution in [2.24, 2.45) is 5.84 Å². The van der Waals surface area contributed by atoms with Crippen molar-refractivity contribution < 1.29 is 4.42 Å². The predicted molar refractivity (Wildman–Crippen MR) is 70.9 cm³/mol. The van der Waals surface area contributed by atoms with Crippen molar-refractivity contribution in [2.75, 3.05) is 0 Å². The molecule has 0 aliphatic heterocycles. The summed E-state index contributed by atoms with van der Waals surface area (Å²) in [6, 6.07) is 10.7. The van der Waals surface area contributed by atoms with Crippen LogP contribution in [0.1, 0.15) is 34.9 Å². The number of hydrogen-bond acceptors (Lipinski definition) is 3. The van der Waals surface area contributed by atoms with Gasteiger partial charge in [-0.1, -0.05) is 18.2 Å². The van der Waals surface area contributed by atoms with E-state index in [1.807, 2.05) is 12.1 Å². The molecule has 0 saturated heterocycles. The Labute approximate surface area is 107 Å². The van der Waals surface area contributed by atoms with Crippen LogP contribution in [0.2, 0.25) is 0 Å². The van der Waals surface area contributed by atoms with Crippen molar-refractivity contribution in [1.29, 1.82) is 0 Å². The maximum absolute atomic E-state index is 5.61. The Kier molecular flexibility index (Phi) is 3.17. The average Bonchev–Trinajstić information content (AvgIpc) is 3.06. The molecule has 1 atom stereocenters. The van der Waals surface area contributed by atoms with Crippen LogP contribution in [-0.4, -0.2) is 0 Å². The number of rotatable bonds is 4. The van der Waals surface area contributed by atoms with Crippen LogP contribution in [0.25, 0.3) is 0 Å². The van der Waals surface area contributed by atoms with E-state index in [2.05, 4.69) is 23.6 Å². The van der Waals surface area contributed by atoms with Crippen LogP contribution in [0, 0.1) is 0 Å². The highest BCUT2D eigenvalue weighted by molar-refractivity contribution is 5.35. The lowest BCUT2D eigenvalue weighted by atomic mass is 10.00. The quantitative estimate of drug-likeness (QED) is 0.640. The maximum Gasteiger partial charge on any atom is 0.122 e. The summed E-state index contributed by atoms with van der Waals surface area (Å²) in [6.07, 6.45) is 6.27. The second-order valence-corrected chi connectivity index (χ2v) is 4.90. The molecule has 3 nitrogen and oxygen atoms in total. The van der Waals surface area contributed by atoms with Gasteiger partial charge < -0.3 is 4.42 Å². The monoisotopic (exact) mass is 242 g/mol. The first-order chi connectivity index (χ1) is 8.86. The van der Waals surface area contributed by atoms with Crippen molar-refractivity contribution in [3.63, 3.8) is 0 Å². The molecule has 1 aromatic heterocycles. The van der Waals surface area contributed by atoms with E-state index >= 15 is 0 Å². The topological polar surface area (TPSA) is 51.2 Å². The Morgan fingerprint density at radius 1 is 1.22 bits per heavy atom. The van der Waals surface area contributed by atoms with Gasteiger partial charge in [0.2, 0.25) is 0 Å². The zero-order chi connectivity index (χ0) is 12.4. The molecule has 94 valence electrons. The molecule has 3 N–H and O–H groups in total. The summed E-state index contributed by atoms with van der Waals surface area (Å²) in [6.45, 7) is 0. The van der Waals surface area contributed by atoms with E-state index in [9.17, 15) is 0 Å². The number of furan rings is 1. The predicted octanol–water partition coefficient (Wildman–Crippen LogP) is 2.52. The molecule has 1 aliphatic rings. The number of nitrogens with two attached hydrogens (primary N) is 1. The summed E-state index contributed by atoms with van der Waals surface area (Å²) in [4.78, 5) is 0. The molecule has 0 saturated carbocycles. The highest BCUT2D eigenvalue weighted by Gasteiger charge is 2.15. The molecule has 0 bridgehead atoms. The number of aryl methyl sites for hydroxylation is 2. The fourth-order valence-corrected chi connectivity index (χ4v) is 2.72. The van der Waals surface area contributed by atoms with Gasteiger partial charge in [0.05, 0.1) is 12.3 Å². The van der Waals surface area contributed by atoms with Crippen LogP contribution in [0.15, 0.2) is 41.0 Å². The Morgan fingerprint density at radius 3 is 2.89 bits per heavy atom. The molecule has 0 spiro atoms. The molecular formula is C15H18N2O. The minimum atomic E-state index is 0.0412. The summed E-state index contributed by atoms with van der Waals surface area (Å²) < 4.78 is 5.41. The van der Waals surface area contributed by atoms with Crippen molar-refractivity contribution in [1.82, 2.24) is 5.43 Å². The number of hydrogen-bond donors (Lipinski definition) is 2. The van der Waals surface area contributed by atoms with E-state index in [1.165, 1.54) is 36.0 Å². The summed E-state index contributed by atoms with van der Waals surface area (Å²) in [7, 11) is 0. The van der Waals surface area contributed by atoms with Crippen molar-refractivity contribution in [3.8, 4) is 0 Å². The van der Waals surface area contributed by atoms with E-state index in [0.717, 1.165) is 12.2 Å². The SMILES string of the molecule is NNC(Cc1ccc2c(c1)CCC2)c1ccco1. The largest absolute Gasteiger partial charge is 0.468 e. The lowest BCUT2D eigenvalue weighted by molar-refractivity contribution is 0.416. The number of benzene rings is 1. The molecule has 0 fully saturated rings. The number of fused-ring (bicyclic) bond motifs is 1. The molecule has 3 rings (SSSR count). The van der Waals surface area contributed by atoms with Gasteiger partial charge in [0.1, 0.15) is 5.76 Å². The van der Waals surface area contributed by atoms with Gasteiger partial charge in [-0.2, -0.15) is 0 Å². The van der Waals surface area contributed by atoms with Crippen molar-refractivity contribution in [2.45, 2.75) is 31.7 Å². The molecule has 1 aromatic carbocycles. The highest BCUT2D eigenvalue weighted by Crippen LogP contribution is 2.25. The van der Waals surface area contributed by atoms with Gasteiger partial charge in [0, 0.05) is 0 Å². The van der Waals surface area contributed by atoms with Crippen LogP contribution in [0.5, 0.6) is 0 Å². The molecule has 1 aliphatic carbocycles. The van der Waals surface area contributed by atoms with Crippen molar-refractivity contribution in [3.05, 3.63) is 59.0 Å². The summed E-state index contributed by atoms with van der Waals surface area (Å²) in [5.41, 5.74) is 7.15. The van der Waals surface area contributed by atoms with Crippen LogP contribution in [0.4, 0.5) is 0 Å². The molecule has 18 heavy (non-hydrogen) atoms. The minimum absolute atomic E-state index is 0.0412. The third-order valence-corrected chi connectivity index (χ3v) is 3.69.